The van der Waals surface area contributed by atoms with Crippen molar-refractivity contribution in [3.8, 4) is 0 Å². The third-order valence-electron chi connectivity index (χ3n) is 2.50. The van der Waals surface area contributed by atoms with Crippen LogP contribution in [0.4, 0.5) is 4.79 Å². The molecular formula is C10H18N2O4. The third-order valence-corrected chi connectivity index (χ3v) is 2.50. The lowest BCUT2D eigenvalue weighted by Gasteiger charge is -2.21. The van der Waals surface area contributed by atoms with Gasteiger partial charge in [-0.05, 0) is 13.0 Å². The minimum Gasteiger partial charge on any atom is -0.447 e. The van der Waals surface area contributed by atoms with Crippen LogP contribution >= 0.6 is 0 Å². The predicted octanol–water partition coefficient (Wildman–Crippen LogP) is -0.331. The van der Waals surface area contributed by atoms with E-state index in [1.807, 2.05) is 11.8 Å². The molecule has 1 N–H and O–H groups in total. The minimum absolute atomic E-state index is 0.108. The molecular weight excluding hydrogens is 212 g/mol. The van der Waals surface area contributed by atoms with Gasteiger partial charge < -0.3 is 9.84 Å². The molecule has 0 bridgehead atoms. The highest BCUT2D eigenvalue weighted by Gasteiger charge is 2.28. The number of imide groups is 1. The van der Waals surface area contributed by atoms with Crippen LogP contribution < -0.4 is 0 Å². The zero-order valence-electron chi connectivity index (χ0n) is 9.52. The van der Waals surface area contributed by atoms with Crippen molar-refractivity contribution in [1.29, 1.82) is 0 Å². The summed E-state index contributed by atoms with van der Waals surface area (Å²) in [6, 6.07) is 0. The Labute approximate surface area is 94.8 Å². The molecule has 0 aromatic rings. The number of likely N-dealkylation sites (N-methyl/N-ethyl adjacent to an activating group) is 1. The second-order valence-electron chi connectivity index (χ2n) is 3.61. The van der Waals surface area contributed by atoms with Crippen LogP contribution in [0.5, 0.6) is 0 Å². The highest BCUT2D eigenvalue weighted by molar-refractivity contribution is 5.93. The summed E-state index contributed by atoms with van der Waals surface area (Å²) < 4.78 is 4.69. The summed E-state index contributed by atoms with van der Waals surface area (Å²) in [5.74, 6) is -0.234. The summed E-state index contributed by atoms with van der Waals surface area (Å²) in [6.45, 7) is 4.24. The molecule has 0 aliphatic carbocycles. The van der Waals surface area contributed by atoms with E-state index in [0.29, 0.717) is 26.1 Å². The first-order chi connectivity index (χ1) is 7.69. The van der Waals surface area contributed by atoms with Gasteiger partial charge in [0.15, 0.2) is 0 Å². The topological polar surface area (TPSA) is 70.1 Å². The maximum absolute atomic E-state index is 11.7. The van der Waals surface area contributed by atoms with Crippen LogP contribution in [0.2, 0.25) is 0 Å². The van der Waals surface area contributed by atoms with Gasteiger partial charge in [0.25, 0.3) is 0 Å². The van der Waals surface area contributed by atoms with E-state index in [0.717, 1.165) is 4.90 Å². The number of aliphatic hydroxyl groups excluding tert-OH is 1. The van der Waals surface area contributed by atoms with Gasteiger partial charge >= 0.3 is 6.09 Å². The molecule has 0 saturated carbocycles. The van der Waals surface area contributed by atoms with Crippen LogP contribution in [0, 0.1) is 0 Å². The molecule has 1 aliphatic heterocycles. The van der Waals surface area contributed by atoms with Crippen molar-refractivity contribution in [3.63, 3.8) is 0 Å². The zero-order chi connectivity index (χ0) is 12.0. The van der Waals surface area contributed by atoms with Crippen LogP contribution in [-0.2, 0) is 9.53 Å². The molecule has 1 aliphatic rings. The Kier molecular flexibility index (Phi) is 5.21. The van der Waals surface area contributed by atoms with Crippen molar-refractivity contribution < 1.29 is 19.4 Å². The van der Waals surface area contributed by atoms with E-state index in [2.05, 4.69) is 0 Å². The summed E-state index contributed by atoms with van der Waals surface area (Å²) in [4.78, 5) is 25.9. The van der Waals surface area contributed by atoms with Gasteiger partial charge in [-0.3, -0.25) is 9.69 Å². The Bertz CT molecular complexity index is 257. The van der Waals surface area contributed by atoms with Crippen molar-refractivity contribution in [2.75, 3.05) is 39.4 Å². The van der Waals surface area contributed by atoms with Crippen molar-refractivity contribution >= 4 is 12.0 Å². The summed E-state index contributed by atoms with van der Waals surface area (Å²) in [5.41, 5.74) is 0. The van der Waals surface area contributed by atoms with Crippen LogP contribution in [0.25, 0.3) is 0 Å². The van der Waals surface area contributed by atoms with Crippen LogP contribution in [-0.4, -0.2) is 66.3 Å². The van der Waals surface area contributed by atoms with Gasteiger partial charge in [0.1, 0.15) is 6.61 Å². The first-order valence-corrected chi connectivity index (χ1v) is 5.49. The number of amides is 2. The highest BCUT2D eigenvalue weighted by Crippen LogP contribution is 2.04. The molecule has 92 valence electrons. The SMILES string of the molecule is CCN(CCCO)CC(=O)N1CCOC1=O. The number of carbonyl (C=O) groups excluding carboxylic acids is 2. The van der Waals surface area contributed by atoms with E-state index in [9.17, 15) is 9.59 Å². The van der Waals surface area contributed by atoms with Gasteiger partial charge in [-0.15, -0.1) is 0 Å². The van der Waals surface area contributed by atoms with E-state index >= 15 is 0 Å². The molecule has 0 aromatic carbocycles. The lowest BCUT2D eigenvalue weighted by atomic mass is 10.3. The number of ether oxygens (including phenoxy) is 1. The molecule has 1 rings (SSSR count). The Balaban J connectivity index is 2.38. The molecule has 0 radical (unpaired) electrons. The van der Waals surface area contributed by atoms with Gasteiger partial charge in [-0.25, -0.2) is 9.69 Å². The molecule has 0 spiro atoms. The smallest absolute Gasteiger partial charge is 0.416 e. The van der Waals surface area contributed by atoms with Gasteiger partial charge in [0.05, 0.1) is 13.1 Å². The Morgan fingerprint density at radius 3 is 2.88 bits per heavy atom. The molecule has 1 heterocycles. The molecule has 2 amide bonds. The number of aliphatic hydroxyl groups is 1. The van der Waals surface area contributed by atoms with E-state index in [1.54, 1.807) is 0 Å². The Hall–Kier alpha value is -1.14. The van der Waals surface area contributed by atoms with Crippen LogP contribution in [0.15, 0.2) is 0 Å². The fourth-order valence-corrected chi connectivity index (χ4v) is 1.54. The summed E-state index contributed by atoms with van der Waals surface area (Å²) in [6.07, 6.45) is 0.0779. The van der Waals surface area contributed by atoms with Gasteiger partial charge in [0.2, 0.25) is 5.91 Å². The summed E-state index contributed by atoms with van der Waals surface area (Å²) >= 11 is 0. The number of carbonyl (C=O) groups is 2. The van der Waals surface area contributed by atoms with Gasteiger partial charge in [0, 0.05) is 13.2 Å². The number of hydrogen-bond acceptors (Lipinski definition) is 5. The van der Waals surface area contributed by atoms with Gasteiger partial charge in [-0.1, -0.05) is 6.92 Å². The number of rotatable bonds is 6. The quantitative estimate of drug-likeness (QED) is 0.676. The highest BCUT2D eigenvalue weighted by atomic mass is 16.6. The molecule has 6 heteroatoms. The maximum Gasteiger partial charge on any atom is 0.416 e. The fourth-order valence-electron chi connectivity index (χ4n) is 1.54. The van der Waals surface area contributed by atoms with Crippen molar-refractivity contribution in [3.05, 3.63) is 0 Å². The number of hydrogen-bond donors (Lipinski definition) is 1. The molecule has 6 nitrogen and oxygen atoms in total. The summed E-state index contributed by atoms with van der Waals surface area (Å²) in [7, 11) is 0. The zero-order valence-corrected chi connectivity index (χ0v) is 9.52. The van der Waals surface area contributed by atoms with E-state index < -0.39 is 6.09 Å². The fraction of sp³-hybridized carbons (Fsp3) is 0.800. The van der Waals surface area contributed by atoms with Crippen LogP contribution in [0.1, 0.15) is 13.3 Å². The lowest BCUT2D eigenvalue weighted by Crippen LogP contribution is -2.41. The van der Waals surface area contributed by atoms with Crippen molar-refractivity contribution in [2.24, 2.45) is 0 Å². The molecule has 0 atom stereocenters. The second kappa shape index (κ2) is 6.44. The molecule has 16 heavy (non-hydrogen) atoms. The normalized spacial score (nSPS) is 15.7. The van der Waals surface area contributed by atoms with Crippen molar-refractivity contribution in [1.82, 2.24) is 9.80 Å². The molecule has 1 fully saturated rings. The maximum atomic E-state index is 11.7. The molecule has 1 saturated heterocycles. The predicted molar refractivity (Wildman–Crippen MR) is 56.9 cm³/mol. The molecule has 0 aromatic heterocycles. The summed E-state index contributed by atoms with van der Waals surface area (Å²) in [5, 5.41) is 8.70. The van der Waals surface area contributed by atoms with Crippen molar-refractivity contribution in [2.45, 2.75) is 13.3 Å². The monoisotopic (exact) mass is 230 g/mol. The first kappa shape index (κ1) is 12.9. The first-order valence-electron chi connectivity index (χ1n) is 5.49. The average molecular weight is 230 g/mol. The Morgan fingerprint density at radius 1 is 1.62 bits per heavy atom. The number of cyclic esters (lactones) is 1. The van der Waals surface area contributed by atoms with E-state index in [4.69, 9.17) is 9.84 Å². The minimum atomic E-state index is -0.553. The largest absolute Gasteiger partial charge is 0.447 e. The second-order valence-corrected chi connectivity index (χ2v) is 3.61. The third kappa shape index (κ3) is 3.46. The Morgan fingerprint density at radius 2 is 2.38 bits per heavy atom. The van der Waals surface area contributed by atoms with Gasteiger partial charge in [-0.2, -0.15) is 0 Å². The van der Waals surface area contributed by atoms with E-state index in [-0.39, 0.29) is 25.7 Å². The lowest BCUT2D eigenvalue weighted by molar-refractivity contribution is -0.129. The van der Waals surface area contributed by atoms with Crippen LogP contribution in [0.3, 0.4) is 0 Å². The van der Waals surface area contributed by atoms with E-state index in [1.165, 1.54) is 0 Å². The standard InChI is InChI=1S/C10H18N2O4/c1-2-11(4-3-6-13)8-9(14)12-5-7-16-10(12)15/h13H,2-8H2,1H3. The molecule has 0 unspecified atom stereocenters. The number of nitrogens with zero attached hydrogens (tertiary/aromatic N) is 2. The average Bonchev–Trinajstić information content (AvgIpc) is 2.70.